The quantitative estimate of drug-likeness (QED) is 0.879. The van der Waals surface area contributed by atoms with Crippen LogP contribution in [-0.4, -0.2) is 13.2 Å². The second-order valence-corrected chi connectivity index (χ2v) is 5.70. The number of hydrogen-bond donors (Lipinski definition) is 1. The second kappa shape index (κ2) is 5.76. The van der Waals surface area contributed by atoms with Crippen LogP contribution in [-0.2, 0) is 0 Å². The molecule has 2 nitrogen and oxygen atoms in total. The zero-order valence-corrected chi connectivity index (χ0v) is 12.2. The lowest BCUT2D eigenvalue weighted by atomic mass is 9.75. The number of methoxy groups -OCH3 is 1. The molecule has 1 saturated carbocycles. The Bertz CT molecular complexity index is 593. The van der Waals surface area contributed by atoms with E-state index in [1.165, 1.54) is 5.56 Å². The molecule has 0 atom stereocenters. The first-order valence-electron chi connectivity index (χ1n) is 6.91. The molecule has 1 aliphatic carbocycles. The van der Waals surface area contributed by atoms with Crippen LogP contribution in [0.25, 0.3) is 0 Å². The lowest BCUT2D eigenvalue weighted by Crippen LogP contribution is -2.34. The monoisotopic (exact) mass is 287 g/mol. The van der Waals surface area contributed by atoms with Gasteiger partial charge in [0.15, 0.2) is 0 Å². The number of benzene rings is 2. The molecule has 20 heavy (non-hydrogen) atoms. The first kappa shape index (κ1) is 13.3. The van der Waals surface area contributed by atoms with Gasteiger partial charge in [-0.05, 0) is 48.6 Å². The minimum Gasteiger partial charge on any atom is -0.496 e. The summed E-state index contributed by atoms with van der Waals surface area (Å²) in [4.78, 5) is 0. The van der Waals surface area contributed by atoms with Crippen molar-refractivity contribution in [1.82, 2.24) is 0 Å². The van der Waals surface area contributed by atoms with Gasteiger partial charge in [-0.25, -0.2) is 0 Å². The molecule has 0 unspecified atom stereocenters. The van der Waals surface area contributed by atoms with Gasteiger partial charge in [0.05, 0.1) is 7.11 Å². The average molecular weight is 288 g/mol. The van der Waals surface area contributed by atoms with E-state index < -0.39 is 0 Å². The van der Waals surface area contributed by atoms with Crippen LogP contribution in [0.3, 0.4) is 0 Å². The van der Waals surface area contributed by atoms with Crippen molar-refractivity contribution in [2.45, 2.75) is 24.8 Å². The third-order valence-corrected chi connectivity index (χ3v) is 4.15. The molecule has 2 aromatic carbocycles. The van der Waals surface area contributed by atoms with Crippen LogP contribution >= 0.6 is 11.6 Å². The van der Waals surface area contributed by atoms with Gasteiger partial charge in [0.1, 0.15) is 5.75 Å². The second-order valence-electron chi connectivity index (χ2n) is 5.26. The highest BCUT2D eigenvalue weighted by Crippen LogP contribution is 2.42. The van der Waals surface area contributed by atoms with E-state index in [1.54, 1.807) is 7.11 Å². The zero-order valence-electron chi connectivity index (χ0n) is 11.5. The molecular formula is C17H18ClNO. The van der Waals surface area contributed by atoms with Gasteiger partial charge in [-0.15, -0.1) is 0 Å². The Balaban J connectivity index is 1.61. The Morgan fingerprint density at radius 3 is 2.65 bits per heavy atom. The van der Waals surface area contributed by atoms with Gasteiger partial charge >= 0.3 is 0 Å². The molecule has 3 rings (SSSR count). The summed E-state index contributed by atoms with van der Waals surface area (Å²) in [5.41, 5.74) is 2.42. The van der Waals surface area contributed by atoms with Gasteiger partial charge in [0.2, 0.25) is 0 Å². The maximum atomic E-state index is 6.00. The average Bonchev–Trinajstić information content (AvgIpc) is 2.42. The summed E-state index contributed by atoms with van der Waals surface area (Å²) in [5.74, 6) is 1.58. The van der Waals surface area contributed by atoms with E-state index in [-0.39, 0.29) is 0 Å². The van der Waals surface area contributed by atoms with Crippen LogP contribution in [0, 0.1) is 0 Å². The highest BCUT2D eigenvalue weighted by Gasteiger charge is 2.31. The normalized spacial score (nSPS) is 21.1. The highest BCUT2D eigenvalue weighted by molar-refractivity contribution is 6.30. The number of hydrogen-bond acceptors (Lipinski definition) is 2. The van der Waals surface area contributed by atoms with Gasteiger partial charge in [-0.1, -0.05) is 35.9 Å². The number of nitrogens with one attached hydrogen (secondary N) is 1. The fraction of sp³-hybridized carbons (Fsp3) is 0.294. The van der Waals surface area contributed by atoms with Crippen molar-refractivity contribution in [1.29, 1.82) is 0 Å². The van der Waals surface area contributed by atoms with Crippen LogP contribution in [0.1, 0.15) is 24.3 Å². The summed E-state index contributed by atoms with van der Waals surface area (Å²) in [7, 11) is 1.74. The third-order valence-electron chi connectivity index (χ3n) is 3.91. The molecule has 0 aromatic heterocycles. The van der Waals surface area contributed by atoms with Gasteiger partial charge < -0.3 is 10.1 Å². The minimum atomic E-state index is 0.517. The fourth-order valence-electron chi connectivity index (χ4n) is 2.81. The summed E-state index contributed by atoms with van der Waals surface area (Å²) >= 11 is 6.00. The van der Waals surface area contributed by atoms with Crippen molar-refractivity contribution in [3.63, 3.8) is 0 Å². The molecule has 104 valence electrons. The minimum absolute atomic E-state index is 0.517. The molecule has 0 saturated heterocycles. The molecular weight excluding hydrogens is 270 g/mol. The van der Waals surface area contributed by atoms with Crippen molar-refractivity contribution >= 4 is 17.3 Å². The smallest absolute Gasteiger partial charge is 0.122 e. The van der Waals surface area contributed by atoms with E-state index in [4.69, 9.17) is 16.3 Å². The summed E-state index contributed by atoms with van der Waals surface area (Å²) in [6.45, 7) is 0. The lowest BCUT2D eigenvalue weighted by molar-refractivity contribution is 0.350. The van der Waals surface area contributed by atoms with Crippen LogP contribution in [0.5, 0.6) is 5.75 Å². The third kappa shape index (κ3) is 2.75. The summed E-state index contributed by atoms with van der Waals surface area (Å²) in [5, 5.41) is 4.30. The van der Waals surface area contributed by atoms with Crippen molar-refractivity contribution in [2.75, 3.05) is 12.4 Å². The van der Waals surface area contributed by atoms with Crippen LogP contribution in [0.15, 0.2) is 48.5 Å². The van der Waals surface area contributed by atoms with Gasteiger partial charge in [-0.2, -0.15) is 0 Å². The Labute approximate surface area is 124 Å². The molecule has 0 amide bonds. The predicted molar refractivity (Wildman–Crippen MR) is 83.8 cm³/mol. The Kier molecular flexibility index (Phi) is 3.83. The van der Waals surface area contributed by atoms with Crippen LogP contribution in [0.2, 0.25) is 5.02 Å². The zero-order chi connectivity index (χ0) is 13.9. The van der Waals surface area contributed by atoms with E-state index in [9.17, 15) is 0 Å². The van der Waals surface area contributed by atoms with Gasteiger partial charge in [0.25, 0.3) is 0 Å². The molecule has 0 aliphatic heterocycles. The number of rotatable bonds is 4. The number of para-hydroxylation sites is 1. The topological polar surface area (TPSA) is 21.3 Å². The molecule has 0 bridgehead atoms. The molecule has 2 aromatic rings. The van der Waals surface area contributed by atoms with E-state index in [0.717, 1.165) is 29.3 Å². The predicted octanol–water partition coefficient (Wildman–Crippen LogP) is 4.71. The molecule has 1 aliphatic rings. The lowest BCUT2D eigenvalue weighted by Gasteiger charge is -2.37. The largest absolute Gasteiger partial charge is 0.496 e. The maximum absolute atomic E-state index is 6.00. The van der Waals surface area contributed by atoms with Gasteiger partial charge in [-0.3, -0.25) is 0 Å². The summed E-state index contributed by atoms with van der Waals surface area (Å²) in [6, 6.07) is 16.7. The summed E-state index contributed by atoms with van der Waals surface area (Å²) < 4.78 is 5.43. The maximum Gasteiger partial charge on any atom is 0.122 e. The molecule has 0 radical (unpaired) electrons. The van der Waals surface area contributed by atoms with E-state index in [0.29, 0.717) is 12.0 Å². The summed E-state index contributed by atoms with van der Waals surface area (Å²) in [6.07, 6.45) is 2.26. The molecule has 1 N–H and O–H groups in total. The van der Waals surface area contributed by atoms with E-state index >= 15 is 0 Å². The standard InChI is InChI=1S/C17H18ClNO/c1-20-17-8-3-2-7-16(17)12-9-15(10-12)19-14-6-4-5-13(18)11-14/h2-8,11-12,15,19H,9-10H2,1H3. The molecule has 1 fully saturated rings. The number of anilines is 1. The Hall–Kier alpha value is -1.67. The SMILES string of the molecule is COc1ccccc1C1CC(Nc2cccc(Cl)c2)C1. The van der Waals surface area contributed by atoms with Gasteiger partial charge in [0, 0.05) is 16.8 Å². The highest BCUT2D eigenvalue weighted by atomic mass is 35.5. The fourth-order valence-corrected chi connectivity index (χ4v) is 3.00. The van der Waals surface area contributed by atoms with Crippen molar-refractivity contribution in [3.05, 3.63) is 59.1 Å². The Morgan fingerprint density at radius 1 is 1.10 bits per heavy atom. The number of halogens is 1. The van der Waals surface area contributed by atoms with Crippen molar-refractivity contribution in [3.8, 4) is 5.75 Å². The van der Waals surface area contributed by atoms with Crippen molar-refractivity contribution in [2.24, 2.45) is 0 Å². The Morgan fingerprint density at radius 2 is 1.90 bits per heavy atom. The van der Waals surface area contributed by atoms with Crippen LogP contribution in [0.4, 0.5) is 5.69 Å². The van der Waals surface area contributed by atoms with E-state index in [2.05, 4.69) is 23.5 Å². The first-order chi connectivity index (χ1) is 9.76. The molecule has 0 spiro atoms. The van der Waals surface area contributed by atoms with Crippen molar-refractivity contribution < 1.29 is 4.74 Å². The molecule has 3 heteroatoms. The molecule has 0 heterocycles. The first-order valence-corrected chi connectivity index (χ1v) is 7.29. The van der Waals surface area contributed by atoms with Crippen LogP contribution < -0.4 is 10.1 Å². The van der Waals surface area contributed by atoms with E-state index in [1.807, 2.05) is 30.3 Å². The number of ether oxygens (including phenoxy) is 1.